The Balaban J connectivity index is 1.84. The van der Waals surface area contributed by atoms with Crippen LogP contribution in [0.1, 0.15) is 73.6 Å². The van der Waals surface area contributed by atoms with Crippen molar-refractivity contribution in [2.75, 3.05) is 92.0 Å². The first-order valence-electron chi connectivity index (χ1n) is 25.8. The molecule has 0 saturated heterocycles. The molecule has 0 radical (unpaired) electrons. The number of nitrogens with zero attached hydrogens (tertiary/aromatic N) is 4. The van der Waals surface area contributed by atoms with E-state index < -0.39 is 130 Å². The van der Waals surface area contributed by atoms with Gasteiger partial charge in [0.05, 0.1) is 39.3 Å². The first-order chi connectivity index (χ1) is 37.6. The molecule has 4 fully saturated rings. The SMILES string of the molecule is C=C(C)C(=O)OCCNC(=O)N(CCOC(=O)C(=C)C)C(=O)N(CCOC(=O)C(=C)C)C(=O)NCC1C2CC3CC1CC(CNC(=O)N(CCOC(=O)C(=C)C)C(=O)N(CCOC(=O)C(=C)C)C(=O)NCCOC(=O)C(=C)C)(C3)C2. The third kappa shape index (κ3) is 20.2. The molecule has 2 unspecified atom stereocenters. The predicted molar refractivity (Wildman–Crippen MR) is 285 cm³/mol. The lowest BCUT2D eigenvalue weighted by Crippen LogP contribution is -2.60. The number of rotatable bonds is 28. The van der Waals surface area contributed by atoms with Crippen LogP contribution in [0.25, 0.3) is 0 Å². The van der Waals surface area contributed by atoms with E-state index in [0.29, 0.717) is 32.4 Å². The van der Waals surface area contributed by atoms with E-state index in [1.54, 1.807) is 0 Å². The van der Waals surface area contributed by atoms with Gasteiger partial charge >= 0.3 is 72.0 Å². The smallest absolute Gasteiger partial charge is 0.336 e. The van der Waals surface area contributed by atoms with Gasteiger partial charge in [-0.25, -0.2) is 77.1 Å². The second kappa shape index (κ2) is 31.3. The largest absolute Gasteiger partial charge is 0.460 e. The minimum atomic E-state index is -1.17. The van der Waals surface area contributed by atoms with Crippen LogP contribution in [0.2, 0.25) is 0 Å². The Hall–Kier alpha value is -8.32. The molecule has 0 aromatic heterocycles. The quantitative estimate of drug-likeness (QED) is 0.0364. The van der Waals surface area contributed by atoms with Crippen molar-refractivity contribution in [3.8, 4) is 0 Å². The number of ether oxygens (including phenoxy) is 6. The normalized spacial score (nSPS) is 18.0. The Morgan fingerprint density at radius 3 is 0.975 bits per heavy atom. The maximum absolute atomic E-state index is 14.3. The summed E-state index contributed by atoms with van der Waals surface area (Å²) in [6, 6.07) is -6.30. The topological polar surface area (TPSA) is 321 Å². The Bertz CT molecular complexity index is 2470. The van der Waals surface area contributed by atoms with Gasteiger partial charge in [-0.15, -0.1) is 0 Å². The molecule has 4 rings (SSSR count). The number of hydrogen-bond acceptors (Lipinski definition) is 18. The highest BCUT2D eigenvalue weighted by atomic mass is 16.6. The van der Waals surface area contributed by atoms with E-state index in [-0.39, 0.29) is 96.5 Å². The maximum atomic E-state index is 14.3. The van der Waals surface area contributed by atoms with E-state index in [1.807, 2.05) is 0 Å². The van der Waals surface area contributed by atoms with E-state index >= 15 is 0 Å². The molecule has 0 spiro atoms. The van der Waals surface area contributed by atoms with Gasteiger partial charge in [-0.1, -0.05) is 39.5 Å². The Morgan fingerprint density at radius 1 is 0.400 bits per heavy atom. The second-order valence-corrected chi connectivity index (χ2v) is 20.1. The van der Waals surface area contributed by atoms with Crippen molar-refractivity contribution in [1.29, 1.82) is 0 Å². The van der Waals surface area contributed by atoms with Gasteiger partial charge in [0.25, 0.3) is 0 Å². The summed E-state index contributed by atoms with van der Waals surface area (Å²) in [7, 11) is 0. The fourth-order valence-corrected chi connectivity index (χ4v) is 9.39. The number of carbonyl (C=O) groups is 12. The van der Waals surface area contributed by atoms with Crippen LogP contribution in [0.5, 0.6) is 0 Å². The number of imide groups is 4. The molecule has 2 atom stereocenters. The molecule has 0 aliphatic heterocycles. The standard InChI is InChI=1S/C54H76N8O18/c1-32(2)42(63)75-19-13-55-48(69)59(15-21-77-44(65)34(5)6)52(73)61(17-23-79-46(67)36(9)10)50(71)57-30-41-39-25-38-26-40(41)29-54(27-38,28-39)31-58-51(72)62(18-24-80-47(68)37(11)12)53(74)60(16-22-78-45(66)35(7)8)49(70)56-14-20-76-43(64)33(3)4/h38-41H,1,3,5,7,9,11,13-31H2,2,4,6,8,10,12H3,(H,55,69)(H,56,70)(H,57,71)(H,58,72). The number of nitrogens with one attached hydrogen (secondary N) is 4. The van der Waals surface area contributed by atoms with E-state index in [2.05, 4.69) is 60.7 Å². The molecule has 26 nitrogen and oxygen atoms in total. The van der Waals surface area contributed by atoms with E-state index in [4.69, 9.17) is 28.4 Å². The van der Waals surface area contributed by atoms with Crippen LogP contribution >= 0.6 is 0 Å². The van der Waals surface area contributed by atoms with Crippen molar-refractivity contribution in [3.05, 3.63) is 72.9 Å². The molecule has 26 heteroatoms. The third-order valence-electron chi connectivity index (χ3n) is 13.1. The fourth-order valence-electron chi connectivity index (χ4n) is 9.39. The van der Waals surface area contributed by atoms with Crippen LogP contribution in [0.3, 0.4) is 0 Å². The molecule has 80 heavy (non-hydrogen) atoms. The van der Waals surface area contributed by atoms with Gasteiger partial charge in [-0.05, 0) is 103 Å². The molecular formula is C54H76N8O18. The van der Waals surface area contributed by atoms with E-state index in [9.17, 15) is 57.5 Å². The summed E-state index contributed by atoms with van der Waals surface area (Å²) >= 11 is 0. The Kier molecular flexibility index (Phi) is 25.8. The summed E-state index contributed by atoms with van der Waals surface area (Å²) in [5.41, 5.74) is -0.0554. The van der Waals surface area contributed by atoms with E-state index in [1.165, 1.54) is 41.5 Å². The van der Waals surface area contributed by atoms with Gasteiger partial charge in [0, 0.05) is 46.5 Å². The summed E-state index contributed by atoms with van der Waals surface area (Å²) in [5, 5.41) is 10.6. The highest BCUT2D eigenvalue weighted by molar-refractivity contribution is 6.02. The van der Waals surface area contributed by atoms with Crippen LogP contribution in [0.4, 0.5) is 28.8 Å². The number of urea groups is 6. The zero-order valence-corrected chi connectivity index (χ0v) is 46.6. The molecule has 0 aromatic rings. The second-order valence-electron chi connectivity index (χ2n) is 20.1. The van der Waals surface area contributed by atoms with Crippen LogP contribution in [0, 0.1) is 29.1 Å². The zero-order valence-electron chi connectivity index (χ0n) is 46.6. The van der Waals surface area contributed by atoms with Gasteiger partial charge in [0.2, 0.25) is 0 Å². The summed E-state index contributed by atoms with van der Waals surface area (Å²) < 4.78 is 30.8. The summed E-state index contributed by atoms with van der Waals surface area (Å²) in [5.74, 6) is -4.49. The lowest BCUT2D eigenvalue weighted by Gasteiger charge is -2.60. The number of amides is 12. The van der Waals surface area contributed by atoms with Crippen molar-refractivity contribution in [3.63, 3.8) is 0 Å². The molecule has 4 bridgehead atoms. The molecule has 440 valence electrons. The van der Waals surface area contributed by atoms with Crippen molar-refractivity contribution in [1.82, 2.24) is 40.9 Å². The van der Waals surface area contributed by atoms with Crippen molar-refractivity contribution < 1.29 is 86.0 Å². The number of carbonyl (C=O) groups excluding carboxylic acids is 12. The van der Waals surface area contributed by atoms with Crippen LogP contribution in [-0.2, 0) is 57.2 Å². The summed E-state index contributed by atoms with van der Waals surface area (Å²) in [6.07, 6.45) is 3.47. The molecule has 12 amide bonds. The molecule has 4 N–H and O–H groups in total. The van der Waals surface area contributed by atoms with Crippen molar-refractivity contribution in [2.45, 2.75) is 73.6 Å². The van der Waals surface area contributed by atoms with Crippen molar-refractivity contribution >= 4 is 72.0 Å². The Labute approximate surface area is 465 Å². The highest BCUT2D eigenvalue weighted by Crippen LogP contribution is 2.62. The molecule has 4 aliphatic carbocycles. The molecular weight excluding hydrogens is 1050 g/mol. The maximum Gasteiger partial charge on any atom is 0.336 e. The average molecular weight is 1130 g/mol. The lowest BCUT2D eigenvalue weighted by molar-refractivity contribution is -0.140. The molecule has 4 aliphatic rings. The van der Waals surface area contributed by atoms with Crippen LogP contribution < -0.4 is 21.3 Å². The number of esters is 6. The molecule has 0 heterocycles. The fraction of sp³-hybridized carbons (Fsp3) is 0.556. The van der Waals surface area contributed by atoms with E-state index in [0.717, 1.165) is 19.3 Å². The minimum Gasteiger partial charge on any atom is -0.460 e. The van der Waals surface area contributed by atoms with Gasteiger partial charge in [-0.3, -0.25) is 0 Å². The van der Waals surface area contributed by atoms with Gasteiger partial charge < -0.3 is 49.7 Å². The average Bonchev–Trinajstić information content (AvgIpc) is 3.48. The van der Waals surface area contributed by atoms with Crippen molar-refractivity contribution in [2.24, 2.45) is 29.1 Å². The Morgan fingerprint density at radius 2 is 0.675 bits per heavy atom. The zero-order chi connectivity index (χ0) is 60.0. The lowest BCUT2D eigenvalue weighted by atomic mass is 9.46. The van der Waals surface area contributed by atoms with Crippen LogP contribution in [-0.4, -0.2) is 184 Å². The van der Waals surface area contributed by atoms with Gasteiger partial charge in [-0.2, -0.15) is 0 Å². The molecule has 0 aromatic carbocycles. The third-order valence-corrected chi connectivity index (χ3v) is 13.1. The summed E-state index contributed by atoms with van der Waals surface area (Å²) in [4.78, 5) is 160. The highest BCUT2D eigenvalue weighted by Gasteiger charge is 2.55. The minimum absolute atomic E-state index is 0.0124. The first kappa shape index (κ1) is 66.0. The monoisotopic (exact) mass is 1120 g/mol. The van der Waals surface area contributed by atoms with Crippen LogP contribution in [0.15, 0.2) is 72.9 Å². The first-order valence-corrected chi connectivity index (χ1v) is 25.8. The van der Waals surface area contributed by atoms with Gasteiger partial charge in [0.1, 0.15) is 39.6 Å². The molecule has 4 saturated carbocycles. The van der Waals surface area contributed by atoms with Gasteiger partial charge in [0.15, 0.2) is 0 Å². The summed E-state index contributed by atoms with van der Waals surface area (Å²) in [6.45, 7) is 24.5. The predicted octanol–water partition coefficient (Wildman–Crippen LogP) is 4.43. The number of hydrogen-bond donors (Lipinski definition) is 4.